The van der Waals surface area contributed by atoms with Crippen molar-refractivity contribution in [3.8, 4) is 0 Å². The molecule has 0 aliphatic heterocycles. The molecule has 0 saturated heterocycles. The average molecular weight is 184 g/mol. The number of carbonyl (C=O) groups excluding carboxylic acids is 2. The van der Waals surface area contributed by atoms with Crippen LogP contribution in [0.4, 0.5) is 0 Å². The van der Waals surface area contributed by atoms with Gasteiger partial charge in [0.2, 0.25) is 5.91 Å². The third-order valence-electron chi connectivity index (χ3n) is 1.41. The van der Waals surface area contributed by atoms with E-state index in [1.807, 2.05) is 0 Å². The fraction of sp³-hybridized carbons (Fsp3) is 0. The number of hydrogen-bond acceptors (Lipinski definition) is 2. The molecule has 0 fully saturated rings. The van der Waals surface area contributed by atoms with Crippen LogP contribution < -0.4 is 5.73 Å². The Morgan fingerprint density at radius 1 is 1.50 bits per heavy atom. The second-order valence-electron chi connectivity index (χ2n) is 2.21. The van der Waals surface area contributed by atoms with E-state index < -0.39 is 5.91 Å². The minimum Gasteiger partial charge on any atom is -0.366 e. The summed E-state index contributed by atoms with van der Waals surface area (Å²) in [5, 5.41) is 0.384. The SMILES string of the molecule is NC(=O)c1cc(Cl)ccc1C=O. The highest BCUT2D eigenvalue weighted by atomic mass is 35.5. The lowest BCUT2D eigenvalue weighted by atomic mass is 10.1. The third-order valence-corrected chi connectivity index (χ3v) is 1.64. The minimum atomic E-state index is -0.653. The van der Waals surface area contributed by atoms with Gasteiger partial charge in [-0.05, 0) is 18.2 Å². The number of benzene rings is 1. The molecule has 4 heteroatoms. The molecule has 1 aromatic carbocycles. The summed E-state index contributed by atoms with van der Waals surface area (Å²) in [4.78, 5) is 21.1. The smallest absolute Gasteiger partial charge is 0.249 e. The Morgan fingerprint density at radius 2 is 2.17 bits per heavy atom. The van der Waals surface area contributed by atoms with E-state index in [0.29, 0.717) is 11.3 Å². The molecule has 0 heterocycles. The summed E-state index contributed by atoms with van der Waals surface area (Å²) in [5.41, 5.74) is 5.41. The molecule has 0 aliphatic carbocycles. The van der Waals surface area contributed by atoms with E-state index in [9.17, 15) is 9.59 Å². The molecule has 1 rings (SSSR count). The standard InChI is InChI=1S/C8H6ClNO2/c9-6-2-1-5(4-11)7(3-6)8(10)12/h1-4H,(H2,10,12). The van der Waals surface area contributed by atoms with E-state index in [1.54, 1.807) is 0 Å². The summed E-state index contributed by atoms with van der Waals surface area (Å²) in [5.74, 6) is -0.653. The molecule has 0 unspecified atom stereocenters. The molecular formula is C8H6ClNO2. The van der Waals surface area contributed by atoms with Crippen LogP contribution in [0.25, 0.3) is 0 Å². The largest absolute Gasteiger partial charge is 0.366 e. The maximum Gasteiger partial charge on any atom is 0.249 e. The van der Waals surface area contributed by atoms with Crippen molar-refractivity contribution in [2.75, 3.05) is 0 Å². The molecule has 1 amide bonds. The van der Waals surface area contributed by atoms with E-state index in [-0.39, 0.29) is 11.1 Å². The zero-order valence-corrected chi connectivity index (χ0v) is 6.84. The summed E-state index contributed by atoms with van der Waals surface area (Å²) in [7, 11) is 0. The molecule has 2 N–H and O–H groups in total. The van der Waals surface area contributed by atoms with Crippen molar-refractivity contribution in [3.05, 3.63) is 34.3 Å². The third kappa shape index (κ3) is 1.62. The van der Waals surface area contributed by atoms with Gasteiger partial charge in [0.05, 0.1) is 5.56 Å². The topological polar surface area (TPSA) is 60.2 Å². The van der Waals surface area contributed by atoms with Gasteiger partial charge in [0, 0.05) is 10.6 Å². The van der Waals surface area contributed by atoms with Crippen LogP contribution in [0, 0.1) is 0 Å². The first-order valence-electron chi connectivity index (χ1n) is 3.19. The van der Waals surface area contributed by atoms with Gasteiger partial charge in [0.15, 0.2) is 6.29 Å². The molecule has 0 aliphatic rings. The number of nitrogens with two attached hydrogens (primary N) is 1. The van der Waals surface area contributed by atoms with Gasteiger partial charge in [-0.3, -0.25) is 9.59 Å². The summed E-state index contributed by atoms with van der Waals surface area (Å²) in [6, 6.07) is 4.35. The second kappa shape index (κ2) is 3.36. The van der Waals surface area contributed by atoms with Crippen molar-refractivity contribution in [1.29, 1.82) is 0 Å². The normalized spacial score (nSPS) is 9.42. The molecule has 0 atom stereocenters. The Balaban J connectivity index is 3.30. The lowest BCUT2D eigenvalue weighted by Gasteiger charge is -1.99. The zero-order valence-electron chi connectivity index (χ0n) is 6.08. The number of halogens is 1. The highest BCUT2D eigenvalue weighted by Crippen LogP contribution is 2.13. The predicted octanol–water partition coefficient (Wildman–Crippen LogP) is 1.25. The highest BCUT2D eigenvalue weighted by Gasteiger charge is 2.07. The molecule has 0 radical (unpaired) electrons. The molecule has 12 heavy (non-hydrogen) atoms. The van der Waals surface area contributed by atoms with Crippen LogP contribution in [-0.4, -0.2) is 12.2 Å². The molecule has 0 saturated carbocycles. The molecule has 0 spiro atoms. The molecule has 3 nitrogen and oxygen atoms in total. The van der Waals surface area contributed by atoms with Crippen molar-refractivity contribution in [3.63, 3.8) is 0 Å². The molecule has 1 aromatic rings. The number of rotatable bonds is 2. The van der Waals surface area contributed by atoms with E-state index in [1.165, 1.54) is 18.2 Å². The Labute approximate surface area is 74.1 Å². The average Bonchev–Trinajstić information content (AvgIpc) is 2.04. The van der Waals surface area contributed by atoms with Gasteiger partial charge in [0.25, 0.3) is 0 Å². The molecule has 62 valence electrons. The van der Waals surface area contributed by atoms with E-state index in [0.717, 1.165) is 0 Å². The summed E-state index contributed by atoms with van der Waals surface area (Å²) in [6.07, 6.45) is 0.566. The van der Waals surface area contributed by atoms with Gasteiger partial charge < -0.3 is 5.73 Å². The van der Waals surface area contributed by atoms with Crippen LogP contribution >= 0.6 is 11.6 Å². The quantitative estimate of drug-likeness (QED) is 0.702. The number of hydrogen-bond donors (Lipinski definition) is 1. The first kappa shape index (κ1) is 8.74. The van der Waals surface area contributed by atoms with Gasteiger partial charge >= 0.3 is 0 Å². The fourth-order valence-corrected chi connectivity index (χ4v) is 1.02. The van der Waals surface area contributed by atoms with Crippen molar-refractivity contribution in [2.45, 2.75) is 0 Å². The highest BCUT2D eigenvalue weighted by molar-refractivity contribution is 6.31. The Morgan fingerprint density at radius 3 is 2.67 bits per heavy atom. The van der Waals surface area contributed by atoms with Gasteiger partial charge in [-0.1, -0.05) is 11.6 Å². The number of carbonyl (C=O) groups is 2. The molecular weight excluding hydrogens is 178 g/mol. The van der Waals surface area contributed by atoms with Gasteiger partial charge in [-0.15, -0.1) is 0 Å². The van der Waals surface area contributed by atoms with Crippen molar-refractivity contribution >= 4 is 23.8 Å². The summed E-state index contributed by atoms with van der Waals surface area (Å²) < 4.78 is 0. The van der Waals surface area contributed by atoms with Crippen LogP contribution in [0.1, 0.15) is 20.7 Å². The molecule has 0 aromatic heterocycles. The monoisotopic (exact) mass is 183 g/mol. The van der Waals surface area contributed by atoms with E-state index in [2.05, 4.69) is 0 Å². The fourth-order valence-electron chi connectivity index (χ4n) is 0.845. The Hall–Kier alpha value is -1.35. The lowest BCUT2D eigenvalue weighted by molar-refractivity contribution is 0.0993. The Bertz CT molecular complexity index is 336. The maximum absolute atomic E-state index is 10.7. The van der Waals surface area contributed by atoms with E-state index in [4.69, 9.17) is 17.3 Å². The van der Waals surface area contributed by atoms with Crippen molar-refractivity contribution in [1.82, 2.24) is 0 Å². The number of amides is 1. The van der Waals surface area contributed by atoms with Gasteiger partial charge in [0.1, 0.15) is 0 Å². The number of primary amides is 1. The van der Waals surface area contributed by atoms with Gasteiger partial charge in [-0.2, -0.15) is 0 Å². The van der Waals surface area contributed by atoms with Crippen LogP contribution in [-0.2, 0) is 0 Å². The lowest BCUT2D eigenvalue weighted by Crippen LogP contribution is -2.13. The van der Waals surface area contributed by atoms with Crippen LogP contribution in [0.3, 0.4) is 0 Å². The molecule has 0 bridgehead atoms. The van der Waals surface area contributed by atoms with Crippen LogP contribution in [0.15, 0.2) is 18.2 Å². The predicted molar refractivity (Wildman–Crippen MR) is 45.4 cm³/mol. The van der Waals surface area contributed by atoms with Gasteiger partial charge in [-0.25, -0.2) is 0 Å². The summed E-state index contributed by atoms with van der Waals surface area (Å²) >= 11 is 5.59. The zero-order chi connectivity index (χ0) is 9.14. The second-order valence-corrected chi connectivity index (χ2v) is 2.65. The first-order valence-corrected chi connectivity index (χ1v) is 3.57. The number of aldehydes is 1. The Kier molecular flexibility index (Phi) is 2.45. The summed E-state index contributed by atoms with van der Waals surface area (Å²) in [6.45, 7) is 0. The maximum atomic E-state index is 10.7. The van der Waals surface area contributed by atoms with Crippen molar-refractivity contribution in [2.24, 2.45) is 5.73 Å². The van der Waals surface area contributed by atoms with Crippen LogP contribution in [0.5, 0.6) is 0 Å². The van der Waals surface area contributed by atoms with Crippen molar-refractivity contribution < 1.29 is 9.59 Å². The van der Waals surface area contributed by atoms with Crippen LogP contribution in [0.2, 0.25) is 5.02 Å². The minimum absolute atomic E-state index is 0.150. The first-order chi connectivity index (χ1) is 5.65. The van der Waals surface area contributed by atoms with E-state index >= 15 is 0 Å².